The highest BCUT2D eigenvalue weighted by atomic mass is 16.5. The average Bonchev–Trinajstić information content (AvgIpc) is 3.30. The van der Waals surface area contributed by atoms with Crippen LogP contribution in [0, 0.1) is 0 Å². The fourth-order valence-electron chi connectivity index (χ4n) is 3.86. The van der Waals surface area contributed by atoms with Crippen molar-refractivity contribution in [2.75, 3.05) is 40.4 Å². The smallest absolute Gasteiger partial charge is 0.312 e. The molecule has 3 amide bonds. The summed E-state index contributed by atoms with van der Waals surface area (Å²) < 4.78 is 10.5. The lowest BCUT2D eigenvalue weighted by Gasteiger charge is -2.34. The van der Waals surface area contributed by atoms with E-state index in [1.807, 2.05) is 30.3 Å². The first kappa shape index (κ1) is 22.2. The lowest BCUT2D eigenvalue weighted by molar-refractivity contribution is -0.146. The number of H-pyrrole nitrogens is 1. The van der Waals surface area contributed by atoms with Crippen molar-refractivity contribution >= 4 is 28.6 Å². The van der Waals surface area contributed by atoms with Crippen molar-refractivity contribution in [3.63, 3.8) is 0 Å². The minimum atomic E-state index is -0.680. The first-order valence-electron chi connectivity index (χ1n) is 10.6. The normalized spacial score (nSPS) is 13.6. The molecule has 0 atom stereocenters. The van der Waals surface area contributed by atoms with E-state index in [1.165, 1.54) is 12.0 Å². The van der Waals surface area contributed by atoms with Crippen molar-refractivity contribution in [1.82, 2.24) is 20.1 Å². The van der Waals surface area contributed by atoms with E-state index >= 15 is 0 Å². The number of fused-ring (bicyclic) bond motifs is 1. The number of nitrogens with zero attached hydrogens (tertiary/aromatic N) is 2. The Morgan fingerprint density at radius 1 is 0.909 bits per heavy atom. The number of para-hydroxylation sites is 1. The summed E-state index contributed by atoms with van der Waals surface area (Å²) >= 11 is 0. The van der Waals surface area contributed by atoms with E-state index in [-0.39, 0.29) is 12.5 Å². The Hall–Kier alpha value is -4.01. The van der Waals surface area contributed by atoms with Gasteiger partial charge in [0, 0.05) is 43.6 Å². The van der Waals surface area contributed by atoms with Crippen LogP contribution in [0.3, 0.4) is 0 Å². The SMILES string of the molecule is COc1ccc(CNC(=O)C(=O)N2CCN(C(=O)c3cc4ccccc4[nH]3)CC2)cc1OC. The molecule has 0 aliphatic carbocycles. The molecule has 1 saturated heterocycles. The zero-order chi connectivity index (χ0) is 23.4. The molecule has 2 heterocycles. The van der Waals surface area contributed by atoms with E-state index in [4.69, 9.17) is 9.47 Å². The van der Waals surface area contributed by atoms with Gasteiger partial charge in [0.15, 0.2) is 11.5 Å². The minimum absolute atomic E-state index is 0.115. The number of aromatic nitrogens is 1. The summed E-state index contributed by atoms with van der Waals surface area (Å²) in [7, 11) is 3.08. The zero-order valence-corrected chi connectivity index (χ0v) is 18.6. The highest BCUT2D eigenvalue weighted by Gasteiger charge is 2.28. The number of nitrogens with one attached hydrogen (secondary N) is 2. The van der Waals surface area contributed by atoms with Crippen molar-refractivity contribution in [1.29, 1.82) is 0 Å². The number of hydrogen-bond donors (Lipinski definition) is 2. The maximum Gasteiger partial charge on any atom is 0.312 e. The molecule has 2 N–H and O–H groups in total. The van der Waals surface area contributed by atoms with Gasteiger partial charge in [-0.05, 0) is 29.8 Å². The summed E-state index contributed by atoms with van der Waals surface area (Å²) in [6, 6.07) is 14.8. The minimum Gasteiger partial charge on any atom is -0.493 e. The lowest BCUT2D eigenvalue weighted by atomic mass is 10.2. The van der Waals surface area contributed by atoms with Gasteiger partial charge in [0.1, 0.15) is 5.69 Å². The Kier molecular flexibility index (Phi) is 6.48. The predicted molar refractivity (Wildman–Crippen MR) is 122 cm³/mol. The van der Waals surface area contributed by atoms with Gasteiger partial charge < -0.3 is 29.6 Å². The summed E-state index contributed by atoms with van der Waals surface area (Å²) in [5.41, 5.74) is 2.20. The Bertz CT molecular complexity index is 1150. The molecule has 0 radical (unpaired) electrons. The Morgan fingerprint density at radius 3 is 2.30 bits per heavy atom. The van der Waals surface area contributed by atoms with Gasteiger partial charge in [-0.15, -0.1) is 0 Å². The number of piperazine rings is 1. The second-order valence-corrected chi connectivity index (χ2v) is 7.73. The van der Waals surface area contributed by atoms with Crippen LogP contribution in [0.25, 0.3) is 10.9 Å². The molecule has 33 heavy (non-hydrogen) atoms. The first-order valence-corrected chi connectivity index (χ1v) is 10.6. The Morgan fingerprint density at radius 2 is 1.61 bits per heavy atom. The van der Waals surface area contributed by atoms with E-state index in [2.05, 4.69) is 10.3 Å². The second kappa shape index (κ2) is 9.64. The van der Waals surface area contributed by atoms with Crippen molar-refractivity contribution < 1.29 is 23.9 Å². The summed E-state index contributed by atoms with van der Waals surface area (Å²) in [5.74, 6) is -0.264. The maximum absolute atomic E-state index is 12.8. The molecule has 2 aromatic carbocycles. The number of benzene rings is 2. The van der Waals surface area contributed by atoms with Crippen LogP contribution in [0.2, 0.25) is 0 Å². The monoisotopic (exact) mass is 450 g/mol. The molecule has 1 aliphatic rings. The maximum atomic E-state index is 12.8. The third-order valence-corrected chi connectivity index (χ3v) is 5.71. The largest absolute Gasteiger partial charge is 0.493 e. The fourth-order valence-corrected chi connectivity index (χ4v) is 3.86. The van der Waals surface area contributed by atoms with Crippen molar-refractivity contribution in [3.05, 3.63) is 59.8 Å². The average molecular weight is 450 g/mol. The van der Waals surface area contributed by atoms with Gasteiger partial charge >= 0.3 is 11.8 Å². The van der Waals surface area contributed by atoms with E-state index in [9.17, 15) is 14.4 Å². The highest BCUT2D eigenvalue weighted by molar-refractivity contribution is 6.35. The molecular weight excluding hydrogens is 424 g/mol. The molecule has 0 spiro atoms. The molecular formula is C24H26N4O5. The number of carbonyl (C=O) groups is 3. The van der Waals surface area contributed by atoms with Gasteiger partial charge in [0.25, 0.3) is 5.91 Å². The van der Waals surface area contributed by atoms with Gasteiger partial charge in [-0.3, -0.25) is 14.4 Å². The van der Waals surface area contributed by atoms with E-state index in [0.717, 1.165) is 16.5 Å². The van der Waals surface area contributed by atoms with E-state index in [1.54, 1.807) is 30.2 Å². The standard InChI is InChI=1S/C24H26N4O5/c1-32-20-8-7-16(13-21(20)33-2)15-25-22(29)24(31)28-11-9-27(10-12-28)23(30)19-14-17-5-3-4-6-18(17)26-19/h3-8,13-14,26H,9-12,15H2,1-2H3,(H,25,29). The number of carbonyl (C=O) groups excluding carboxylic acids is 3. The van der Waals surface area contributed by atoms with Crippen LogP contribution < -0.4 is 14.8 Å². The number of methoxy groups -OCH3 is 2. The van der Waals surface area contributed by atoms with Crippen molar-refractivity contribution in [2.24, 2.45) is 0 Å². The van der Waals surface area contributed by atoms with Crippen LogP contribution in [-0.4, -0.2) is 72.9 Å². The van der Waals surface area contributed by atoms with Gasteiger partial charge in [0.2, 0.25) is 0 Å². The van der Waals surface area contributed by atoms with Crippen molar-refractivity contribution in [3.8, 4) is 11.5 Å². The number of amides is 3. The molecule has 1 aromatic heterocycles. The molecule has 3 aromatic rings. The van der Waals surface area contributed by atoms with E-state index < -0.39 is 11.8 Å². The quantitative estimate of drug-likeness (QED) is 0.577. The summed E-state index contributed by atoms with van der Waals surface area (Å²) in [5, 5.41) is 3.62. The molecule has 4 rings (SSSR count). The zero-order valence-electron chi connectivity index (χ0n) is 18.6. The van der Waals surface area contributed by atoms with Crippen LogP contribution in [0.5, 0.6) is 11.5 Å². The van der Waals surface area contributed by atoms with Crippen LogP contribution in [0.15, 0.2) is 48.5 Å². The van der Waals surface area contributed by atoms with Crippen molar-refractivity contribution in [2.45, 2.75) is 6.54 Å². The highest BCUT2D eigenvalue weighted by Crippen LogP contribution is 2.27. The topological polar surface area (TPSA) is 104 Å². The number of hydrogen-bond acceptors (Lipinski definition) is 5. The summed E-state index contributed by atoms with van der Waals surface area (Å²) in [6.45, 7) is 1.51. The van der Waals surface area contributed by atoms with Crippen LogP contribution in [0.4, 0.5) is 0 Å². The second-order valence-electron chi connectivity index (χ2n) is 7.73. The Labute approximate surface area is 191 Å². The van der Waals surface area contributed by atoms with Gasteiger partial charge in [0.05, 0.1) is 14.2 Å². The molecule has 0 bridgehead atoms. The lowest BCUT2D eigenvalue weighted by Crippen LogP contribution is -2.53. The molecule has 1 fully saturated rings. The first-order chi connectivity index (χ1) is 16.0. The Balaban J connectivity index is 1.29. The molecule has 9 nitrogen and oxygen atoms in total. The molecule has 172 valence electrons. The third-order valence-electron chi connectivity index (χ3n) is 5.71. The van der Waals surface area contributed by atoms with Crippen LogP contribution in [0.1, 0.15) is 16.1 Å². The van der Waals surface area contributed by atoms with Gasteiger partial charge in [-0.1, -0.05) is 24.3 Å². The van der Waals surface area contributed by atoms with Gasteiger partial charge in [-0.25, -0.2) is 0 Å². The molecule has 0 saturated carbocycles. The fraction of sp³-hybridized carbons (Fsp3) is 0.292. The number of aromatic amines is 1. The molecule has 0 unspecified atom stereocenters. The summed E-state index contributed by atoms with van der Waals surface area (Å²) in [4.78, 5) is 44.1. The van der Waals surface area contributed by atoms with E-state index in [0.29, 0.717) is 43.4 Å². The van der Waals surface area contributed by atoms with Crippen LogP contribution >= 0.6 is 0 Å². The number of ether oxygens (including phenoxy) is 2. The van der Waals surface area contributed by atoms with Crippen LogP contribution in [-0.2, 0) is 16.1 Å². The molecule has 9 heteroatoms. The number of rotatable bonds is 5. The predicted octanol–water partition coefficient (Wildman–Crippen LogP) is 1.79. The third kappa shape index (κ3) is 4.77. The van der Waals surface area contributed by atoms with Gasteiger partial charge in [-0.2, -0.15) is 0 Å². The molecule has 1 aliphatic heterocycles. The summed E-state index contributed by atoms with van der Waals surface area (Å²) in [6.07, 6.45) is 0.